The lowest BCUT2D eigenvalue weighted by atomic mass is 10.2. The highest BCUT2D eigenvalue weighted by Crippen LogP contribution is 2.24. The Labute approximate surface area is 106 Å². The van der Waals surface area contributed by atoms with Gasteiger partial charge < -0.3 is 11.5 Å². The molecule has 0 atom stereocenters. The molecule has 0 aliphatic carbocycles. The minimum Gasteiger partial charge on any atom is -0.399 e. The molecule has 0 radical (unpaired) electrons. The molecule has 0 unspecified atom stereocenters. The second kappa shape index (κ2) is 4.70. The molecule has 2 aromatic carbocycles. The van der Waals surface area contributed by atoms with Crippen LogP contribution in [0.2, 0.25) is 0 Å². The van der Waals surface area contributed by atoms with Crippen molar-refractivity contribution in [2.45, 2.75) is 10.6 Å². The van der Waals surface area contributed by atoms with Crippen LogP contribution in [0.3, 0.4) is 0 Å². The molecule has 18 heavy (non-hydrogen) atoms. The predicted molar refractivity (Wildman–Crippen MR) is 72.6 cm³/mol. The summed E-state index contributed by atoms with van der Waals surface area (Å²) in [6.45, 7) is 0. The molecule has 0 aromatic heterocycles. The Morgan fingerprint density at radius 3 is 2.28 bits per heavy atom. The van der Waals surface area contributed by atoms with Gasteiger partial charge in [0.25, 0.3) is 0 Å². The summed E-state index contributed by atoms with van der Waals surface area (Å²) in [6.07, 6.45) is 0. The molecule has 94 valence electrons. The maximum atomic E-state index is 12.2. The Balaban J connectivity index is 2.40. The van der Waals surface area contributed by atoms with Crippen LogP contribution < -0.4 is 11.5 Å². The van der Waals surface area contributed by atoms with E-state index in [4.69, 9.17) is 11.5 Å². The van der Waals surface area contributed by atoms with E-state index < -0.39 is 9.84 Å². The van der Waals surface area contributed by atoms with Crippen LogP contribution in [0.15, 0.2) is 53.4 Å². The fourth-order valence-corrected chi connectivity index (χ4v) is 3.22. The van der Waals surface area contributed by atoms with Crippen LogP contribution in [0.1, 0.15) is 5.56 Å². The van der Waals surface area contributed by atoms with Crippen LogP contribution in [0.5, 0.6) is 0 Å². The number of anilines is 2. The monoisotopic (exact) mass is 262 g/mol. The van der Waals surface area contributed by atoms with Crippen molar-refractivity contribution in [1.29, 1.82) is 0 Å². The van der Waals surface area contributed by atoms with Crippen LogP contribution >= 0.6 is 0 Å². The van der Waals surface area contributed by atoms with Crippen molar-refractivity contribution < 1.29 is 8.42 Å². The highest BCUT2D eigenvalue weighted by Gasteiger charge is 2.18. The van der Waals surface area contributed by atoms with E-state index in [1.165, 1.54) is 12.1 Å². The molecule has 2 aromatic rings. The van der Waals surface area contributed by atoms with E-state index in [9.17, 15) is 8.42 Å². The van der Waals surface area contributed by atoms with Crippen molar-refractivity contribution in [3.63, 3.8) is 0 Å². The largest absolute Gasteiger partial charge is 0.399 e. The van der Waals surface area contributed by atoms with Gasteiger partial charge in [-0.25, -0.2) is 8.42 Å². The maximum absolute atomic E-state index is 12.2. The van der Waals surface area contributed by atoms with Gasteiger partial charge in [-0.1, -0.05) is 30.3 Å². The van der Waals surface area contributed by atoms with Gasteiger partial charge in [0.15, 0.2) is 9.84 Å². The number of hydrogen-bond acceptors (Lipinski definition) is 4. The fraction of sp³-hybridized carbons (Fsp3) is 0.0769. The number of hydrogen-bond donors (Lipinski definition) is 2. The second-order valence-corrected chi connectivity index (χ2v) is 6.00. The highest BCUT2D eigenvalue weighted by molar-refractivity contribution is 7.90. The van der Waals surface area contributed by atoms with E-state index in [2.05, 4.69) is 0 Å². The standard InChI is InChI=1S/C13H14N2O2S/c14-11-6-7-12(15)13(8-11)18(16,17)9-10-4-2-1-3-5-10/h1-8H,9,14-15H2. The number of sulfone groups is 1. The van der Waals surface area contributed by atoms with Gasteiger partial charge >= 0.3 is 0 Å². The Hall–Kier alpha value is -2.01. The molecule has 0 saturated carbocycles. The Morgan fingerprint density at radius 1 is 0.944 bits per heavy atom. The average molecular weight is 262 g/mol. The summed E-state index contributed by atoms with van der Waals surface area (Å²) in [7, 11) is -3.47. The molecule has 0 saturated heterocycles. The topological polar surface area (TPSA) is 86.2 Å². The van der Waals surface area contributed by atoms with Crippen molar-refractivity contribution in [3.8, 4) is 0 Å². The van der Waals surface area contributed by atoms with E-state index >= 15 is 0 Å². The summed E-state index contributed by atoms with van der Waals surface area (Å²) in [5, 5.41) is 0. The number of nitrogens with two attached hydrogens (primary N) is 2. The lowest BCUT2D eigenvalue weighted by Gasteiger charge is -2.08. The maximum Gasteiger partial charge on any atom is 0.184 e. The summed E-state index contributed by atoms with van der Waals surface area (Å²) >= 11 is 0. The molecule has 4 nitrogen and oxygen atoms in total. The van der Waals surface area contributed by atoms with E-state index in [0.717, 1.165) is 5.56 Å². The van der Waals surface area contributed by atoms with Crippen molar-refractivity contribution >= 4 is 21.2 Å². The molecule has 0 amide bonds. The van der Waals surface area contributed by atoms with Crippen molar-refractivity contribution in [3.05, 3.63) is 54.1 Å². The Bertz CT molecular complexity index is 652. The van der Waals surface area contributed by atoms with Crippen LogP contribution in [-0.4, -0.2) is 8.42 Å². The first-order valence-corrected chi connectivity index (χ1v) is 7.06. The van der Waals surface area contributed by atoms with Crippen molar-refractivity contribution in [2.75, 3.05) is 11.5 Å². The summed E-state index contributed by atoms with van der Waals surface area (Å²) in [6, 6.07) is 13.4. The molecule has 4 N–H and O–H groups in total. The smallest absolute Gasteiger partial charge is 0.184 e. The molecule has 0 spiro atoms. The predicted octanol–water partition coefficient (Wildman–Crippen LogP) is 1.82. The van der Waals surface area contributed by atoms with Gasteiger partial charge in [-0.05, 0) is 23.8 Å². The minimum absolute atomic E-state index is 0.0819. The van der Waals surface area contributed by atoms with E-state index in [1.54, 1.807) is 30.3 Å². The first kappa shape index (κ1) is 12.4. The molecule has 0 fully saturated rings. The van der Waals surface area contributed by atoms with Gasteiger partial charge in [-0.2, -0.15) is 0 Å². The van der Waals surface area contributed by atoms with Crippen LogP contribution in [-0.2, 0) is 15.6 Å². The van der Waals surface area contributed by atoms with Crippen LogP contribution in [0, 0.1) is 0 Å². The highest BCUT2D eigenvalue weighted by atomic mass is 32.2. The first-order chi connectivity index (χ1) is 8.49. The summed E-state index contributed by atoms with van der Waals surface area (Å²) in [5.41, 5.74) is 12.6. The molecule has 0 heterocycles. The molecule has 0 bridgehead atoms. The quantitative estimate of drug-likeness (QED) is 0.826. The first-order valence-electron chi connectivity index (χ1n) is 5.41. The number of nitrogen functional groups attached to an aromatic ring is 2. The molecule has 0 aliphatic heterocycles. The summed E-state index contributed by atoms with van der Waals surface area (Å²) < 4.78 is 24.5. The Kier molecular flexibility index (Phi) is 3.25. The van der Waals surface area contributed by atoms with Crippen LogP contribution in [0.25, 0.3) is 0 Å². The average Bonchev–Trinajstić information content (AvgIpc) is 2.33. The molecule has 5 heteroatoms. The third-order valence-corrected chi connectivity index (χ3v) is 4.31. The molecule has 0 aliphatic rings. The van der Waals surface area contributed by atoms with E-state index in [1.807, 2.05) is 6.07 Å². The lowest BCUT2D eigenvalue weighted by molar-refractivity contribution is 0.595. The van der Waals surface area contributed by atoms with Crippen molar-refractivity contribution in [1.82, 2.24) is 0 Å². The molecule has 2 rings (SSSR count). The van der Waals surface area contributed by atoms with Gasteiger partial charge in [0.2, 0.25) is 0 Å². The van der Waals surface area contributed by atoms with Crippen molar-refractivity contribution in [2.24, 2.45) is 0 Å². The number of benzene rings is 2. The third-order valence-electron chi connectivity index (χ3n) is 2.57. The zero-order valence-corrected chi connectivity index (χ0v) is 10.5. The fourth-order valence-electron chi connectivity index (χ4n) is 1.69. The lowest BCUT2D eigenvalue weighted by Crippen LogP contribution is -2.08. The molecular weight excluding hydrogens is 248 g/mol. The Morgan fingerprint density at radius 2 is 1.61 bits per heavy atom. The number of rotatable bonds is 3. The summed E-state index contributed by atoms with van der Waals surface area (Å²) in [5.74, 6) is -0.0819. The summed E-state index contributed by atoms with van der Waals surface area (Å²) in [4.78, 5) is 0.0892. The minimum atomic E-state index is -3.47. The van der Waals surface area contributed by atoms with Crippen LogP contribution in [0.4, 0.5) is 11.4 Å². The van der Waals surface area contributed by atoms with Gasteiger partial charge in [-0.3, -0.25) is 0 Å². The normalized spacial score (nSPS) is 11.3. The van der Waals surface area contributed by atoms with Gasteiger partial charge in [0.05, 0.1) is 16.3 Å². The molecular formula is C13H14N2O2S. The van der Waals surface area contributed by atoms with Gasteiger partial charge in [0, 0.05) is 5.69 Å². The zero-order valence-electron chi connectivity index (χ0n) is 9.71. The van der Waals surface area contributed by atoms with Gasteiger partial charge in [0.1, 0.15) is 0 Å². The zero-order chi connectivity index (χ0) is 13.2. The van der Waals surface area contributed by atoms with Gasteiger partial charge in [-0.15, -0.1) is 0 Å². The SMILES string of the molecule is Nc1ccc(N)c(S(=O)(=O)Cc2ccccc2)c1. The van der Waals surface area contributed by atoms with E-state index in [-0.39, 0.29) is 16.3 Å². The van der Waals surface area contributed by atoms with E-state index in [0.29, 0.717) is 5.69 Å². The third kappa shape index (κ3) is 2.62. The second-order valence-electron chi connectivity index (χ2n) is 4.04.